The molecule has 3 rings (SSSR count). The molecule has 0 aliphatic heterocycles. The number of carbonyl (C=O) groups excluding carboxylic acids is 2. The zero-order valence-corrected chi connectivity index (χ0v) is 12.7. The maximum Gasteiger partial charge on any atom is 0.173 e. The molecule has 0 N–H and O–H groups in total. The molecule has 106 valence electrons. The quantitative estimate of drug-likeness (QED) is 0.605. The largest absolute Gasteiger partial charge is 0.298 e. The molecule has 0 unspecified atom stereocenters. The van der Waals surface area contributed by atoms with Gasteiger partial charge in [-0.2, -0.15) is 0 Å². The molecule has 2 aliphatic rings. The summed E-state index contributed by atoms with van der Waals surface area (Å²) in [4.78, 5) is 25.5. The number of ketones is 2. The Morgan fingerprint density at radius 1 is 1.15 bits per heavy atom. The van der Waals surface area contributed by atoms with E-state index in [4.69, 9.17) is 0 Å². The summed E-state index contributed by atoms with van der Waals surface area (Å²) in [5, 5.41) is 0. The third kappa shape index (κ3) is 1.51. The van der Waals surface area contributed by atoms with Gasteiger partial charge in [0.1, 0.15) is 5.78 Å². The van der Waals surface area contributed by atoms with Crippen molar-refractivity contribution in [1.82, 2.24) is 0 Å². The van der Waals surface area contributed by atoms with Gasteiger partial charge in [-0.05, 0) is 31.1 Å². The van der Waals surface area contributed by atoms with Crippen molar-refractivity contribution in [2.24, 2.45) is 22.7 Å². The standard InChI is InChI=1S/C18H22O2/c1-11-5-7-12(8-6-11)15(19)14-13-9-10-18(4,16(14)20)17(13,2)3/h5-8,13-14H,9-10H2,1-4H3/t13-,14+,18-/m0/s1. The molecule has 2 bridgehead atoms. The number of carbonyl (C=O) groups is 2. The first-order valence-electron chi connectivity index (χ1n) is 7.44. The number of fused-ring (bicyclic) bond motifs is 2. The van der Waals surface area contributed by atoms with Gasteiger partial charge < -0.3 is 0 Å². The van der Waals surface area contributed by atoms with Gasteiger partial charge in [0.15, 0.2) is 5.78 Å². The first-order chi connectivity index (χ1) is 9.29. The molecule has 2 heteroatoms. The Hall–Kier alpha value is -1.44. The number of hydrogen-bond donors (Lipinski definition) is 0. The molecule has 0 aromatic heterocycles. The lowest BCUT2D eigenvalue weighted by Gasteiger charge is -2.32. The summed E-state index contributed by atoms with van der Waals surface area (Å²) in [6.07, 6.45) is 1.93. The Morgan fingerprint density at radius 2 is 1.75 bits per heavy atom. The van der Waals surface area contributed by atoms with Crippen LogP contribution in [0.25, 0.3) is 0 Å². The highest BCUT2D eigenvalue weighted by Crippen LogP contribution is 2.66. The zero-order valence-electron chi connectivity index (χ0n) is 12.7. The van der Waals surface area contributed by atoms with Crippen LogP contribution in [0, 0.1) is 29.6 Å². The second kappa shape index (κ2) is 4.03. The Labute approximate surface area is 120 Å². The topological polar surface area (TPSA) is 34.1 Å². The van der Waals surface area contributed by atoms with Gasteiger partial charge in [-0.15, -0.1) is 0 Å². The minimum atomic E-state index is -0.425. The molecule has 2 aliphatic carbocycles. The second-order valence-corrected chi connectivity index (χ2v) is 7.27. The third-order valence-corrected chi connectivity index (χ3v) is 6.15. The minimum absolute atomic E-state index is 0.0245. The summed E-state index contributed by atoms with van der Waals surface area (Å²) in [5.74, 6) is -0.0268. The molecular formula is C18H22O2. The van der Waals surface area contributed by atoms with Gasteiger partial charge in [0.25, 0.3) is 0 Å². The Balaban J connectivity index is 1.98. The smallest absolute Gasteiger partial charge is 0.173 e. The molecule has 0 radical (unpaired) electrons. The minimum Gasteiger partial charge on any atom is -0.298 e. The van der Waals surface area contributed by atoms with Crippen LogP contribution in [0.1, 0.15) is 49.5 Å². The van der Waals surface area contributed by atoms with E-state index >= 15 is 0 Å². The number of benzene rings is 1. The highest BCUT2D eigenvalue weighted by Gasteiger charge is 2.67. The van der Waals surface area contributed by atoms with Crippen molar-refractivity contribution in [3.05, 3.63) is 35.4 Å². The van der Waals surface area contributed by atoms with Crippen LogP contribution in [0.4, 0.5) is 0 Å². The van der Waals surface area contributed by atoms with Gasteiger partial charge in [-0.3, -0.25) is 9.59 Å². The Bertz CT molecular complexity index is 582. The number of rotatable bonds is 2. The lowest BCUT2D eigenvalue weighted by atomic mass is 9.70. The molecule has 1 aromatic rings. The van der Waals surface area contributed by atoms with E-state index in [2.05, 4.69) is 20.8 Å². The Kier molecular flexibility index (Phi) is 2.73. The van der Waals surface area contributed by atoms with Crippen molar-refractivity contribution >= 4 is 11.6 Å². The van der Waals surface area contributed by atoms with Gasteiger partial charge >= 0.3 is 0 Å². The van der Waals surface area contributed by atoms with E-state index in [1.165, 1.54) is 0 Å². The lowest BCUT2D eigenvalue weighted by molar-refractivity contribution is -0.130. The average Bonchev–Trinajstić information content (AvgIpc) is 2.71. The molecule has 20 heavy (non-hydrogen) atoms. The highest BCUT2D eigenvalue weighted by atomic mass is 16.2. The Morgan fingerprint density at radius 3 is 2.25 bits per heavy atom. The first kappa shape index (κ1) is 13.5. The van der Waals surface area contributed by atoms with Crippen LogP contribution in [0.2, 0.25) is 0 Å². The summed E-state index contributed by atoms with van der Waals surface area (Å²) in [7, 11) is 0. The van der Waals surface area contributed by atoms with Crippen molar-refractivity contribution in [2.45, 2.75) is 40.5 Å². The predicted octanol–water partition coefficient (Wildman–Crippen LogP) is 3.82. The molecule has 0 heterocycles. The summed E-state index contributed by atoms with van der Waals surface area (Å²) in [5.41, 5.74) is 1.44. The molecule has 0 spiro atoms. The van der Waals surface area contributed by atoms with Gasteiger partial charge in [-0.1, -0.05) is 50.6 Å². The molecular weight excluding hydrogens is 248 g/mol. The van der Waals surface area contributed by atoms with Gasteiger partial charge in [0.05, 0.1) is 5.92 Å². The third-order valence-electron chi connectivity index (χ3n) is 6.15. The molecule has 1 aromatic carbocycles. The van der Waals surface area contributed by atoms with Gasteiger partial charge in [-0.25, -0.2) is 0 Å². The van der Waals surface area contributed by atoms with E-state index in [0.29, 0.717) is 5.56 Å². The summed E-state index contributed by atoms with van der Waals surface area (Å²) in [6.45, 7) is 8.37. The monoisotopic (exact) mass is 270 g/mol. The fourth-order valence-electron chi connectivity index (χ4n) is 4.29. The van der Waals surface area contributed by atoms with E-state index in [0.717, 1.165) is 18.4 Å². The van der Waals surface area contributed by atoms with Gasteiger partial charge in [0, 0.05) is 11.0 Å². The van der Waals surface area contributed by atoms with E-state index in [1.807, 2.05) is 31.2 Å². The van der Waals surface area contributed by atoms with Crippen LogP contribution in [0.3, 0.4) is 0 Å². The number of hydrogen-bond acceptors (Lipinski definition) is 2. The molecule has 3 atom stereocenters. The van der Waals surface area contributed by atoms with Crippen LogP contribution in [-0.4, -0.2) is 11.6 Å². The second-order valence-electron chi connectivity index (χ2n) is 7.27. The van der Waals surface area contributed by atoms with Crippen LogP contribution in [-0.2, 0) is 4.79 Å². The van der Waals surface area contributed by atoms with Crippen molar-refractivity contribution in [3.8, 4) is 0 Å². The SMILES string of the molecule is Cc1ccc(C(=O)[C@@H]2C(=O)[C@]3(C)CC[C@@H]2C3(C)C)cc1. The van der Waals surface area contributed by atoms with Crippen LogP contribution < -0.4 is 0 Å². The summed E-state index contributed by atoms with van der Waals surface area (Å²) >= 11 is 0. The lowest BCUT2D eigenvalue weighted by Crippen LogP contribution is -2.35. The zero-order chi connectivity index (χ0) is 14.7. The van der Waals surface area contributed by atoms with Crippen molar-refractivity contribution < 1.29 is 9.59 Å². The van der Waals surface area contributed by atoms with Crippen LogP contribution in [0.5, 0.6) is 0 Å². The number of aryl methyl sites for hydroxylation is 1. The van der Waals surface area contributed by atoms with Gasteiger partial charge in [0.2, 0.25) is 0 Å². The van der Waals surface area contributed by atoms with Crippen molar-refractivity contribution in [3.63, 3.8) is 0 Å². The van der Waals surface area contributed by atoms with E-state index < -0.39 is 5.92 Å². The van der Waals surface area contributed by atoms with E-state index in [-0.39, 0.29) is 28.3 Å². The molecule has 0 saturated heterocycles. The number of Topliss-reactive ketones (excluding diaryl/α,β-unsaturated/α-hetero) is 2. The summed E-state index contributed by atoms with van der Waals surface area (Å²) < 4.78 is 0. The fourth-order valence-corrected chi connectivity index (χ4v) is 4.29. The van der Waals surface area contributed by atoms with Crippen molar-refractivity contribution in [1.29, 1.82) is 0 Å². The first-order valence-corrected chi connectivity index (χ1v) is 7.44. The fraction of sp³-hybridized carbons (Fsp3) is 0.556. The van der Waals surface area contributed by atoms with Crippen molar-refractivity contribution in [2.75, 3.05) is 0 Å². The molecule has 2 fully saturated rings. The predicted molar refractivity (Wildman–Crippen MR) is 78.6 cm³/mol. The van der Waals surface area contributed by atoms with Crippen LogP contribution in [0.15, 0.2) is 24.3 Å². The maximum absolute atomic E-state index is 12.8. The highest BCUT2D eigenvalue weighted by molar-refractivity contribution is 6.14. The molecule has 2 saturated carbocycles. The molecule has 0 amide bonds. The van der Waals surface area contributed by atoms with E-state index in [1.54, 1.807) is 0 Å². The van der Waals surface area contributed by atoms with E-state index in [9.17, 15) is 9.59 Å². The average molecular weight is 270 g/mol. The molecule has 2 nitrogen and oxygen atoms in total. The summed E-state index contributed by atoms with van der Waals surface area (Å²) in [6, 6.07) is 7.59. The maximum atomic E-state index is 12.8. The van der Waals surface area contributed by atoms with Crippen LogP contribution >= 0.6 is 0 Å². The normalized spacial score (nSPS) is 34.5.